The number of carbonyl (C=O) groups excluding carboxylic acids is 1. The second kappa shape index (κ2) is 10.2. The first-order valence-corrected chi connectivity index (χ1v) is 10.4. The van der Waals surface area contributed by atoms with E-state index in [1.54, 1.807) is 25.1 Å². The molecule has 0 saturated heterocycles. The Morgan fingerprint density at radius 3 is 2.43 bits per heavy atom. The molecule has 1 unspecified atom stereocenters. The van der Waals surface area contributed by atoms with E-state index in [0.717, 1.165) is 11.1 Å². The van der Waals surface area contributed by atoms with Crippen LogP contribution in [0.1, 0.15) is 40.0 Å². The number of ether oxygens (including phenoxy) is 1. The van der Waals surface area contributed by atoms with Gasteiger partial charge in [0.05, 0.1) is 23.2 Å². The summed E-state index contributed by atoms with van der Waals surface area (Å²) in [5, 5.41) is 7.31. The van der Waals surface area contributed by atoms with Gasteiger partial charge in [0.1, 0.15) is 0 Å². The van der Waals surface area contributed by atoms with E-state index >= 15 is 0 Å². The van der Waals surface area contributed by atoms with Crippen molar-refractivity contribution >= 4 is 40.6 Å². The van der Waals surface area contributed by atoms with Crippen LogP contribution in [0.2, 0.25) is 5.02 Å². The fourth-order valence-corrected chi connectivity index (χ4v) is 3.66. The van der Waals surface area contributed by atoms with Crippen LogP contribution < -0.4 is 10.6 Å². The summed E-state index contributed by atoms with van der Waals surface area (Å²) in [6, 6.07) is 23.3. The minimum atomic E-state index is -0.446. The molecule has 0 spiro atoms. The van der Waals surface area contributed by atoms with Gasteiger partial charge < -0.3 is 15.4 Å². The summed E-state index contributed by atoms with van der Waals surface area (Å²) in [5.41, 5.74) is 4.42. The number of aryl methyl sites for hydroxylation is 1. The molecule has 0 heterocycles. The second-order valence-electron chi connectivity index (χ2n) is 6.71. The molecule has 3 aromatic carbocycles. The smallest absolute Gasteiger partial charge is 0.339 e. The predicted octanol–water partition coefficient (Wildman–Crippen LogP) is 5.90. The highest BCUT2D eigenvalue weighted by molar-refractivity contribution is 7.80. The van der Waals surface area contributed by atoms with Crippen LogP contribution in [0.4, 0.5) is 5.69 Å². The van der Waals surface area contributed by atoms with Crippen molar-refractivity contribution in [3.63, 3.8) is 0 Å². The van der Waals surface area contributed by atoms with Gasteiger partial charge in [0.2, 0.25) is 0 Å². The van der Waals surface area contributed by atoms with Gasteiger partial charge in [-0.15, -0.1) is 0 Å². The number of esters is 1. The Kier molecular flexibility index (Phi) is 7.44. The first-order chi connectivity index (χ1) is 14.5. The molecule has 0 radical (unpaired) electrons. The summed E-state index contributed by atoms with van der Waals surface area (Å²) in [6.07, 6.45) is 0. The minimum absolute atomic E-state index is 0.110. The molecule has 4 nitrogen and oxygen atoms in total. The maximum Gasteiger partial charge on any atom is 0.339 e. The third-order valence-electron chi connectivity index (χ3n) is 4.63. The molecule has 2 N–H and O–H groups in total. The highest BCUT2D eigenvalue weighted by Crippen LogP contribution is 2.26. The van der Waals surface area contributed by atoms with E-state index in [0.29, 0.717) is 28.0 Å². The van der Waals surface area contributed by atoms with Gasteiger partial charge in [-0.25, -0.2) is 4.79 Å². The molecule has 0 amide bonds. The van der Waals surface area contributed by atoms with E-state index in [1.165, 1.54) is 5.56 Å². The number of benzene rings is 3. The molecule has 0 aliphatic carbocycles. The third kappa shape index (κ3) is 5.38. The maximum absolute atomic E-state index is 11.9. The van der Waals surface area contributed by atoms with Gasteiger partial charge in [0, 0.05) is 5.69 Å². The topological polar surface area (TPSA) is 50.4 Å². The Morgan fingerprint density at radius 1 is 1.07 bits per heavy atom. The zero-order chi connectivity index (χ0) is 21.5. The maximum atomic E-state index is 11.9. The molecule has 0 aromatic heterocycles. The minimum Gasteiger partial charge on any atom is -0.462 e. The Labute approximate surface area is 187 Å². The molecular formula is C24H23ClN2O2S. The lowest BCUT2D eigenvalue weighted by Gasteiger charge is -2.23. The van der Waals surface area contributed by atoms with Gasteiger partial charge in [0.15, 0.2) is 5.11 Å². The fourth-order valence-electron chi connectivity index (χ4n) is 3.16. The summed E-state index contributed by atoms with van der Waals surface area (Å²) < 4.78 is 5.01. The second-order valence-corrected chi connectivity index (χ2v) is 7.53. The number of rotatable bonds is 6. The molecular weight excluding hydrogens is 416 g/mol. The molecule has 1 atom stereocenters. The van der Waals surface area contributed by atoms with Crippen molar-refractivity contribution in [1.29, 1.82) is 0 Å². The first-order valence-electron chi connectivity index (χ1n) is 9.64. The molecule has 6 heteroatoms. The standard InChI is InChI=1S/C24H23ClN2O2S/c1-3-29-23(28)20-14-13-18(15-21(20)25)26-24(30)27-22(17-10-5-4-6-11-17)19-12-8-7-9-16(19)2/h4-15,22H,3H2,1-2H3,(H2,26,27,30). The number of halogens is 1. The van der Waals surface area contributed by atoms with Gasteiger partial charge in [-0.2, -0.15) is 0 Å². The first kappa shape index (κ1) is 21.8. The molecule has 0 bridgehead atoms. The lowest BCUT2D eigenvalue weighted by molar-refractivity contribution is 0.0526. The third-order valence-corrected chi connectivity index (χ3v) is 5.16. The molecule has 0 aliphatic rings. The Balaban J connectivity index is 1.79. The van der Waals surface area contributed by atoms with Crippen LogP contribution in [0.15, 0.2) is 72.8 Å². The lowest BCUT2D eigenvalue weighted by atomic mass is 9.95. The van der Waals surface area contributed by atoms with Gasteiger partial charge in [-0.05, 0) is 61.0 Å². The van der Waals surface area contributed by atoms with E-state index < -0.39 is 5.97 Å². The molecule has 3 aromatic rings. The van der Waals surface area contributed by atoms with E-state index in [-0.39, 0.29) is 6.04 Å². The number of nitrogens with one attached hydrogen (secondary N) is 2. The van der Waals surface area contributed by atoms with Crippen molar-refractivity contribution in [3.8, 4) is 0 Å². The van der Waals surface area contributed by atoms with Crippen LogP contribution in [0.5, 0.6) is 0 Å². The highest BCUT2D eigenvalue weighted by atomic mass is 35.5. The monoisotopic (exact) mass is 438 g/mol. The van der Waals surface area contributed by atoms with E-state index in [4.69, 9.17) is 28.6 Å². The molecule has 3 rings (SSSR count). The zero-order valence-corrected chi connectivity index (χ0v) is 18.4. The van der Waals surface area contributed by atoms with Gasteiger partial charge in [-0.1, -0.05) is 66.2 Å². The lowest BCUT2D eigenvalue weighted by Crippen LogP contribution is -2.33. The van der Waals surface area contributed by atoms with Crippen molar-refractivity contribution in [2.24, 2.45) is 0 Å². The number of hydrogen-bond acceptors (Lipinski definition) is 3. The molecule has 30 heavy (non-hydrogen) atoms. The largest absolute Gasteiger partial charge is 0.462 e. The Hall–Kier alpha value is -2.89. The van der Waals surface area contributed by atoms with Crippen molar-refractivity contribution < 1.29 is 9.53 Å². The average Bonchev–Trinajstić information content (AvgIpc) is 2.73. The normalized spacial score (nSPS) is 11.4. The van der Waals surface area contributed by atoms with E-state index in [1.807, 2.05) is 30.3 Å². The number of hydrogen-bond donors (Lipinski definition) is 2. The van der Waals surface area contributed by atoms with Crippen LogP contribution in [0.25, 0.3) is 0 Å². The molecule has 0 fully saturated rings. The van der Waals surface area contributed by atoms with Crippen LogP contribution in [-0.2, 0) is 4.74 Å². The van der Waals surface area contributed by atoms with Crippen LogP contribution in [0.3, 0.4) is 0 Å². The van der Waals surface area contributed by atoms with E-state index in [9.17, 15) is 4.79 Å². The van der Waals surface area contributed by atoms with Crippen molar-refractivity contribution in [2.45, 2.75) is 19.9 Å². The SMILES string of the molecule is CCOC(=O)c1ccc(NC(=S)NC(c2ccccc2)c2ccccc2C)cc1Cl. The number of anilines is 1. The highest BCUT2D eigenvalue weighted by Gasteiger charge is 2.17. The van der Waals surface area contributed by atoms with Crippen LogP contribution in [0, 0.1) is 6.92 Å². The van der Waals surface area contributed by atoms with E-state index in [2.05, 4.69) is 41.8 Å². The average molecular weight is 439 g/mol. The molecule has 0 saturated carbocycles. The number of thiocarbonyl (C=S) groups is 1. The predicted molar refractivity (Wildman–Crippen MR) is 126 cm³/mol. The molecule has 154 valence electrons. The summed E-state index contributed by atoms with van der Waals surface area (Å²) in [7, 11) is 0. The van der Waals surface area contributed by atoms with Crippen molar-refractivity contribution in [2.75, 3.05) is 11.9 Å². The van der Waals surface area contributed by atoms with Gasteiger partial charge in [0.25, 0.3) is 0 Å². The van der Waals surface area contributed by atoms with Crippen LogP contribution >= 0.6 is 23.8 Å². The summed E-state index contributed by atoms with van der Waals surface area (Å²) in [4.78, 5) is 11.9. The van der Waals surface area contributed by atoms with Crippen molar-refractivity contribution in [1.82, 2.24) is 5.32 Å². The van der Waals surface area contributed by atoms with Gasteiger partial charge >= 0.3 is 5.97 Å². The Morgan fingerprint density at radius 2 is 1.77 bits per heavy atom. The summed E-state index contributed by atoms with van der Waals surface area (Å²) in [6.45, 7) is 4.13. The zero-order valence-electron chi connectivity index (χ0n) is 16.8. The number of carbonyl (C=O) groups is 1. The summed E-state index contributed by atoms with van der Waals surface area (Å²) >= 11 is 11.8. The van der Waals surface area contributed by atoms with Gasteiger partial charge in [-0.3, -0.25) is 0 Å². The molecule has 0 aliphatic heterocycles. The fraction of sp³-hybridized carbons (Fsp3) is 0.167. The van der Waals surface area contributed by atoms with Crippen molar-refractivity contribution in [3.05, 3.63) is 100 Å². The van der Waals surface area contributed by atoms with Crippen LogP contribution in [-0.4, -0.2) is 17.7 Å². The Bertz CT molecular complexity index is 1040. The quantitative estimate of drug-likeness (QED) is 0.370. The summed E-state index contributed by atoms with van der Waals surface area (Å²) in [5.74, 6) is -0.446.